The topological polar surface area (TPSA) is 0 Å². The highest BCUT2D eigenvalue weighted by atomic mass is 35.5. The van der Waals surface area contributed by atoms with Crippen molar-refractivity contribution in [1.82, 2.24) is 0 Å². The van der Waals surface area contributed by atoms with E-state index in [2.05, 4.69) is 26.8 Å². The first-order valence-electron chi connectivity index (χ1n) is 4.63. The molecule has 0 aliphatic carbocycles. The molecule has 1 heteroatoms. The Labute approximate surface area is 85.9 Å². The molecule has 0 atom stereocenters. The third-order valence-corrected chi connectivity index (χ3v) is 2.39. The van der Waals surface area contributed by atoms with Crippen LogP contribution in [0.2, 0.25) is 5.02 Å². The molecule has 0 aliphatic rings. The van der Waals surface area contributed by atoms with E-state index in [1.807, 2.05) is 18.2 Å². The molecule has 0 saturated heterocycles. The SMILES string of the molecule is CC(C)(C)CCc1cc[c]cc1Cl. The highest BCUT2D eigenvalue weighted by Gasteiger charge is 2.10. The lowest BCUT2D eigenvalue weighted by atomic mass is 9.89. The molecule has 1 radical (unpaired) electrons. The van der Waals surface area contributed by atoms with E-state index in [-0.39, 0.29) is 0 Å². The van der Waals surface area contributed by atoms with E-state index < -0.39 is 0 Å². The van der Waals surface area contributed by atoms with Crippen LogP contribution in [-0.4, -0.2) is 0 Å². The van der Waals surface area contributed by atoms with Crippen molar-refractivity contribution in [3.8, 4) is 0 Å². The molecule has 0 spiro atoms. The molecule has 0 nitrogen and oxygen atoms in total. The molecular weight excluding hydrogens is 180 g/mol. The molecule has 1 rings (SSSR count). The van der Waals surface area contributed by atoms with Crippen LogP contribution in [0.15, 0.2) is 18.2 Å². The van der Waals surface area contributed by atoms with Crippen LogP contribution >= 0.6 is 11.6 Å². The highest BCUT2D eigenvalue weighted by Crippen LogP contribution is 2.24. The number of hydrogen-bond acceptors (Lipinski definition) is 0. The van der Waals surface area contributed by atoms with E-state index in [4.69, 9.17) is 11.6 Å². The fourth-order valence-electron chi connectivity index (χ4n) is 1.15. The van der Waals surface area contributed by atoms with Crippen LogP contribution in [0.5, 0.6) is 0 Å². The summed E-state index contributed by atoms with van der Waals surface area (Å²) in [4.78, 5) is 0. The van der Waals surface area contributed by atoms with Gasteiger partial charge in [0.15, 0.2) is 0 Å². The lowest BCUT2D eigenvalue weighted by molar-refractivity contribution is 0.378. The van der Waals surface area contributed by atoms with Gasteiger partial charge in [-0.25, -0.2) is 0 Å². The van der Waals surface area contributed by atoms with Crippen LogP contribution < -0.4 is 0 Å². The first-order valence-corrected chi connectivity index (χ1v) is 5.01. The van der Waals surface area contributed by atoms with E-state index >= 15 is 0 Å². The molecule has 0 fully saturated rings. The van der Waals surface area contributed by atoms with Gasteiger partial charge < -0.3 is 0 Å². The number of aryl methyl sites for hydroxylation is 1. The minimum atomic E-state index is 0.378. The summed E-state index contributed by atoms with van der Waals surface area (Å²) in [5.41, 5.74) is 1.61. The van der Waals surface area contributed by atoms with Crippen molar-refractivity contribution < 1.29 is 0 Å². The van der Waals surface area contributed by atoms with Gasteiger partial charge in [-0.1, -0.05) is 44.5 Å². The maximum absolute atomic E-state index is 6.02. The standard InChI is InChI=1S/C12H16Cl/c1-12(2,3)9-8-10-6-4-5-7-11(10)13/h4,6-7H,8-9H2,1-3H3. The summed E-state index contributed by atoms with van der Waals surface area (Å²) < 4.78 is 0. The van der Waals surface area contributed by atoms with Crippen molar-refractivity contribution in [2.75, 3.05) is 0 Å². The van der Waals surface area contributed by atoms with Gasteiger partial charge in [0, 0.05) is 5.02 Å². The highest BCUT2D eigenvalue weighted by molar-refractivity contribution is 6.31. The van der Waals surface area contributed by atoms with Gasteiger partial charge in [-0.2, -0.15) is 0 Å². The second-order valence-corrected chi connectivity index (χ2v) is 4.99. The van der Waals surface area contributed by atoms with Crippen molar-refractivity contribution in [3.63, 3.8) is 0 Å². The second kappa shape index (κ2) is 4.15. The van der Waals surface area contributed by atoms with E-state index in [0.717, 1.165) is 17.9 Å². The van der Waals surface area contributed by atoms with Crippen LogP contribution in [0.25, 0.3) is 0 Å². The lowest BCUT2D eigenvalue weighted by Gasteiger charge is -2.17. The molecule has 0 saturated carbocycles. The van der Waals surface area contributed by atoms with Gasteiger partial charge in [0.2, 0.25) is 0 Å². The smallest absolute Gasteiger partial charge is 0.0444 e. The van der Waals surface area contributed by atoms with Crippen LogP contribution in [-0.2, 0) is 6.42 Å². The monoisotopic (exact) mass is 195 g/mol. The first-order chi connectivity index (χ1) is 5.99. The first kappa shape index (κ1) is 10.6. The molecule has 1 aromatic rings. The van der Waals surface area contributed by atoms with Crippen molar-refractivity contribution in [2.45, 2.75) is 33.6 Å². The second-order valence-electron chi connectivity index (χ2n) is 4.58. The van der Waals surface area contributed by atoms with E-state index in [1.165, 1.54) is 5.56 Å². The molecule has 0 aromatic heterocycles. The maximum Gasteiger partial charge on any atom is 0.0444 e. The average molecular weight is 196 g/mol. The zero-order chi connectivity index (χ0) is 9.90. The van der Waals surface area contributed by atoms with Gasteiger partial charge in [0.05, 0.1) is 0 Å². The van der Waals surface area contributed by atoms with E-state index in [0.29, 0.717) is 5.41 Å². The summed E-state index contributed by atoms with van der Waals surface area (Å²) in [6.07, 6.45) is 2.22. The zero-order valence-electron chi connectivity index (χ0n) is 8.52. The average Bonchev–Trinajstić information content (AvgIpc) is 2.01. The Hall–Kier alpha value is -0.490. The normalized spacial score (nSPS) is 11.7. The van der Waals surface area contributed by atoms with Gasteiger partial charge >= 0.3 is 0 Å². The third-order valence-electron chi connectivity index (χ3n) is 2.04. The van der Waals surface area contributed by atoms with Gasteiger partial charge in [-0.15, -0.1) is 0 Å². The van der Waals surface area contributed by atoms with Crippen molar-refractivity contribution in [3.05, 3.63) is 34.9 Å². The Morgan fingerprint density at radius 2 is 2.08 bits per heavy atom. The largest absolute Gasteiger partial charge is 0.0840 e. The van der Waals surface area contributed by atoms with Gasteiger partial charge in [0.25, 0.3) is 0 Å². The Balaban J connectivity index is 2.60. The van der Waals surface area contributed by atoms with Gasteiger partial charge in [-0.3, -0.25) is 0 Å². The van der Waals surface area contributed by atoms with Crippen LogP contribution in [0.3, 0.4) is 0 Å². The number of benzene rings is 1. The summed E-state index contributed by atoms with van der Waals surface area (Å²) >= 11 is 6.02. The number of rotatable bonds is 2. The van der Waals surface area contributed by atoms with Crippen LogP contribution in [0.4, 0.5) is 0 Å². The zero-order valence-corrected chi connectivity index (χ0v) is 9.28. The Bertz CT molecular complexity index is 271. The number of hydrogen-bond donors (Lipinski definition) is 0. The molecule has 1 aromatic carbocycles. The van der Waals surface area contributed by atoms with Gasteiger partial charge in [0.1, 0.15) is 0 Å². The third kappa shape index (κ3) is 3.82. The molecule has 0 amide bonds. The molecule has 0 unspecified atom stereocenters. The van der Waals surface area contributed by atoms with Gasteiger partial charge in [-0.05, 0) is 36.0 Å². The molecule has 0 bridgehead atoms. The Morgan fingerprint density at radius 1 is 1.38 bits per heavy atom. The predicted molar refractivity (Wildman–Crippen MR) is 58.1 cm³/mol. The van der Waals surface area contributed by atoms with E-state index in [1.54, 1.807) is 0 Å². The van der Waals surface area contributed by atoms with Crippen LogP contribution in [0.1, 0.15) is 32.8 Å². The Kier molecular flexibility index (Phi) is 3.38. The fourth-order valence-corrected chi connectivity index (χ4v) is 1.38. The molecule has 0 N–H and O–H groups in total. The Morgan fingerprint density at radius 3 is 2.62 bits per heavy atom. The summed E-state index contributed by atoms with van der Waals surface area (Å²) in [5, 5.41) is 0.840. The number of halogens is 1. The molecule has 0 heterocycles. The molecular formula is C12H16Cl. The van der Waals surface area contributed by atoms with Crippen molar-refractivity contribution >= 4 is 11.6 Å². The fraction of sp³-hybridized carbons (Fsp3) is 0.500. The summed E-state index contributed by atoms with van der Waals surface area (Å²) in [6.45, 7) is 6.74. The van der Waals surface area contributed by atoms with Crippen LogP contribution in [0, 0.1) is 11.5 Å². The van der Waals surface area contributed by atoms with Crippen molar-refractivity contribution in [2.24, 2.45) is 5.41 Å². The maximum atomic E-state index is 6.02. The molecule has 71 valence electrons. The minimum Gasteiger partial charge on any atom is -0.0840 e. The summed E-state index contributed by atoms with van der Waals surface area (Å²) in [6, 6.07) is 8.77. The quantitative estimate of drug-likeness (QED) is 0.666. The summed E-state index contributed by atoms with van der Waals surface area (Å²) in [7, 11) is 0. The molecule has 0 aliphatic heterocycles. The lowest BCUT2D eigenvalue weighted by Crippen LogP contribution is -2.06. The summed E-state index contributed by atoms with van der Waals surface area (Å²) in [5.74, 6) is 0. The minimum absolute atomic E-state index is 0.378. The van der Waals surface area contributed by atoms with E-state index in [9.17, 15) is 0 Å². The predicted octanol–water partition coefficient (Wildman–Crippen LogP) is 4.12. The molecule has 13 heavy (non-hydrogen) atoms. The van der Waals surface area contributed by atoms with Crippen molar-refractivity contribution in [1.29, 1.82) is 0 Å².